The molecule has 21 heavy (non-hydrogen) atoms. The van der Waals surface area contributed by atoms with E-state index in [9.17, 15) is 5.11 Å². The van der Waals surface area contributed by atoms with Gasteiger partial charge >= 0.3 is 0 Å². The van der Waals surface area contributed by atoms with Gasteiger partial charge < -0.3 is 15.2 Å². The fourth-order valence-corrected chi connectivity index (χ4v) is 2.17. The van der Waals surface area contributed by atoms with E-state index in [1.165, 1.54) is 0 Å². The molecular formula is C16H17Cl2NO2. The van der Waals surface area contributed by atoms with Crippen molar-refractivity contribution in [2.75, 3.05) is 18.5 Å². The molecule has 5 heteroatoms. The minimum Gasteiger partial charge on any atom is -0.491 e. The molecule has 0 bridgehead atoms. The molecule has 0 heterocycles. The van der Waals surface area contributed by atoms with Crippen LogP contribution in [-0.4, -0.2) is 24.4 Å². The van der Waals surface area contributed by atoms with Crippen LogP contribution < -0.4 is 10.1 Å². The molecule has 0 fully saturated rings. The van der Waals surface area contributed by atoms with Crippen LogP contribution in [-0.2, 0) is 0 Å². The summed E-state index contributed by atoms with van der Waals surface area (Å²) < 4.78 is 5.49. The largest absolute Gasteiger partial charge is 0.491 e. The second kappa shape index (κ2) is 7.55. The monoisotopic (exact) mass is 325 g/mol. The maximum absolute atomic E-state index is 9.95. The molecule has 2 rings (SSSR count). The molecule has 2 aromatic rings. The second-order valence-electron chi connectivity index (χ2n) is 4.76. The van der Waals surface area contributed by atoms with Crippen LogP contribution in [0.3, 0.4) is 0 Å². The molecule has 0 amide bonds. The second-order valence-corrected chi connectivity index (χ2v) is 5.64. The van der Waals surface area contributed by atoms with Crippen LogP contribution in [0.5, 0.6) is 5.75 Å². The van der Waals surface area contributed by atoms with E-state index in [2.05, 4.69) is 5.32 Å². The molecule has 0 saturated heterocycles. The molecule has 3 nitrogen and oxygen atoms in total. The van der Waals surface area contributed by atoms with Gasteiger partial charge in [0.1, 0.15) is 18.5 Å². The highest BCUT2D eigenvalue weighted by Crippen LogP contribution is 2.20. The Kier molecular flexibility index (Phi) is 5.74. The van der Waals surface area contributed by atoms with Crippen LogP contribution in [0.2, 0.25) is 10.0 Å². The van der Waals surface area contributed by atoms with E-state index in [1.807, 2.05) is 25.1 Å². The van der Waals surface area contributed by atoms with Gasteiger partial charge in [0.25, 0.3) is 0 Å². The Morgan fingerprint density at radius 2 is 1.90 bits per heavy atom. The topological polar surface area (TPSA) is 41.5 Å². The third kappa shape index (κ3) is 5.12. The number of hydrogen-bond acceptors (Lipinski definition) is 3. The Morgan fingerprint density at radius 3 is 2.67 bits per heavy atom. The van der Waals surface area contributed by atoms with E-state index in [4.69, 9.17) is 27.9 Å². The molecule has 2 aromatic carbocycles. The Labute approximate surface area is 134 Å². The third-order valence-corrected chi connectivity index (χ3v) is 3.44. The molecule has 0 aliphatic rings. The lowest BCUT2D eigenvalue weighted by molar-refractivity contribution is 0.117. The van der Waals surface area contributed by atoms with E-state index >= 15 is 0 Å². The highest BCUT2D eigenvalue weighted by Gasteiger charge is 2.07. The van der Waals surface area contributed by atoms with Gasteiger partial charge in [-0.15, -0.1) is 0 Å². The summed E-state index contributed by atoms with van der Waals surface area (Å²) in [5.74, 6) is 0.639. The molecule has 1 atom stereocenters. The zero-order valence-electron chi connectivity index (χ0n) is 11.6. The maximum atomic E-state index is 9.95. The van der Waals surface area contributed by atoms with Crippen molar-refractivity contribution < 1.29 is 9.84 Å². The molecule has 112 valence electrons. The Bertz CT molecular complexity index is 605. The Balaban J connectivity index is 1.82. The van der Waals surface area contributed by atoms with Gasteiger partial charge in [-0.2, -0.15) is 0 Å². The first-order valence-electron chi connectivity index (χ1n) is 6.61. The van der Waals surface area contributed by atoms with Crippen molar-refractivity contribution in [2.24, 2.45) is 0 Å². The minimum absolute atomic E-state index is 0.187. The predicted octanol–water partition coefficient (Wildman–Crippen LogP) is 4.15. The number of nitrogens with one attached hydrogen (secondary N) is 1. The van der Waals surface area contributed by atoms with Crippen LogP contribution >= 0.6 is 23.2 Å². The summed E-state index contributed by atoms with van der Waals surface area (Å²) in [6.45, 7) is 2.54. The Hall–Kier alpha value is -1.42. The minimum atomic E-state index is -0.637. The third-order valence-electron chi connectivity index (χ3n) is 2.97. The summed E-state index contributed by atoms with van der Waals surface area (Å²) in [5.41, 5.74) is 1.98. The van der Waals surface area contributed by atoms with Gasteiger partial charge in [0, 0.05) is 22.3 Å². The zero-order chi connectivity index (χ0) is 15.2. The zero-order valence-corrected chi connectivity index (χ0v) is 13.2. The highest BCUT2D eigenvalue weighted by atomic mass is 35.5. The van der Waals surface area contributed by atoms with Gasteiger partial charge in [-0.1, -0.05) is 35.3 Å². The van der Waals surface area contributed by atoms with Gasteiger partial charge in [-0.25, -0.2) is 0 Å². The summed E-state index contributed by atoms with van der Waals surface area (Å²) >= 11 is 11.8. The van der Waals surface area contributed by atoms with Crippen LogP contribution in [0.1, 0.15) is 5.56 Å². The van der Waals surface area contributed by atoms with E-state index in [0.29, 0.717) is 22.3 Å². The van der Waals surface area contributed by atoms with E-state index in [-0.39, 0.29) is 6.61 Å². The van der Waals surface area contributed by atoms with Gasteiger partial charge in [0.15, 0.2) is 0 Å². The van der Waals surface area contributed by atoms with Gasteiger partial charge in [0.2, 0.25) is 0 Å². The van der Waals surface area contributed by atoms with Gasteiger partial charge in [-0.3, -0.25) is 0 Å². The molecule has 2 N–H and O–H groups in total. The predicted molar refractivity (Wildman–Crippen MR) is 87.6 cm³/mol. The van der Waals surface area contributed by atoms with Crippen molar-refractivity contribution in [3.05, 3.63) is 58.1 Å². The van der Waals surface area contributed by atoms with Crippen LogP contribution in [0.25, 0.3) is 0 Å². The van der Waals surface area contributed by atoms with Crippen molar-refractivity contribution in [1.29, 1.82) is 0 Å². The number of aliphatic hydroxyl groups excluding tert-OH is 1. The summed E-state index contributed by atoms with van der Waals surface area (Å²) in [7, 11) is 0. The van der Waals surface area contributed by atoms with Crippen molar-refractivity contribution in [2.45, 2.75) is 13.0 Å². The first kappa shape index (κ1) is 16.0. The lowest BCUT2D eigenvalue weighted by atomic mass is 10.2. The van der Waals surface area contributed by atoms with Crippen molar-refractivity contribution in [1.82, 2.24) is 0 Å². The molecule has 0 aromatic heterocycles. The maximum Gasteiger partial charge on any atom is 0.120 e. The summed E-state index contributed by atoms with van der Waals surface area (Å²) in [6, 6.07) is 12.7. The summed E-state index contributed by atoms with van der Waals surface area (Å²) in [5, 5.41) is 14.4. The number of ether oxygens (including phenoxy) is 1. The van der Waals surface area contributed by atoms with E-state index in [0.717, 1.165) is 11.3 Å². The molecular weight excluding hydrogens is 309 g/mol. The van der Waals surface area contributed by atoms with Gasteiger partial charge in [0.05, 0.1) is 0 Å². The Morgan fingerprint density at radius 1 is 1.14 bits per heavy atom. The SMILES string of the molecule is Cc1ccc(Cl)cc1NCC(O)COc1cccc(Cl)c1. The molecule has 0 aliphatic heterocycles. The fourth-order valence-electron chi connectivity index (χ4n) is 1.82. The average molecular weight is 326 g/mol. The first-order valence-corrected chi connectivity index (χ1v) is 7.36. The highest BCUT2D eigenvalue weighted by molar-refractivity contribution is 6.31. The van der Waals surface area contributed by atoms with Crippen LogP contribution in [0.15, 0.2) is 42.5 Å². The quantitative estimate of drug-likeness (QED) is 0.838. The number of aryl methyl sites for hydroxylation is 1. The first-order chi connectivity index (χ1) is 10.0. The molecule has 0 saturated carbocycles. The number of aliphatic hydroxyl groups is 1. The molecule has 0 radical (unpaired) electrons. The number of halogens is 2. The fraction of sp³-hybridized carbons (Fsp3) is 0.250. The molecule has 0 aliphatic carbocycles. The van der Waals surface area contributed by atoms with E-state index < -0.39 is 6.10 Å². The number of rotatable bonds is 6. The van der Waals surface area contributed by atoms with Gasteiger partial charge in [-0.05, 0) is 42.8 Å². The number of anilines is 1. The smallest absolute Gasteiger partial charge is 0.120 e. The molecule has 1 unspecified atom stereocenters. The summed E-state index contributed by atoms with van der Waals surface area (Å²) in [4.78, 5) is 0. The molecule has 0 spiro atoms. The van der Waals surface area contributed by atoms with E-state index in [1.54, 1.807) is 24.3 Å². The van der Waals surface area contributed by atoms with Crippen molar-refractivity contribution >= 4 is 28.9 Å². The lowest BCUT2D eigenvalue weighted by Crippen LogP contribution is -2.26. The standard InChI is InChI=1S/C16H17Cl2NO2/c1-11-5-6-13(18)8-16(11)19-9-14(20)10-21-15-4-2-3-12(17)7-15/h2-8,14,19-20H,9-10H2,1H3. The van der Waals surface area contributed by atoms with Crippen molar-refractivity contribution in [3.63, 3.8) is 0 Å². The number of hydrogen-bond donors (Lipinski definition) is 2. The lowest BCUT2D eigenvalue weighted by Gasteiger charge is -2.15. The van der Waals surface area contributed by atoms with Crippen LogP contribution in [0.4, 0.5) is 5.69 Å². The van der Waals surface area contributed by atoms with Crippen molar-refractivity contribution in [3.8, 4) is 5.75 Å². The number of benzene rings is 2. The normalized spacial score (nSPS) is 12.0. The average Bonchev–Trinajstić information content (AvgIpc) is 2.46. The summed E-state index contributed by atoms with van der Waals surface area (Å²) in [6.07, 6.45) is -0.637. The van der Waals surface area contributed by atoms with Crippen LogP contribution in [0, 0.1) is 6.92 Å².